The van der Waals surface area contributed by atoms with Gasteiger partial charge in [0, 0.05) is 17.5 Å². The van der Waals surface area contributed by atoms with Crippen LogP contribution in [0.4, 0.5) is 0 Å². The van der Waals surface area contributed by atoms with E-state index in [0.717, 1.165) is 17.0 Å². The first-order valence-electron chi connectivity index (χ1n) is 7.92. The van der Waals surface area contributed by atoms with E-state index >= 15 is 0 Å². The van der Waals surface area contributed by atoms with Gasteiger partial charge in [-0.25, -0.2) is 4.98 Å². The number of hydrogen-bond donors (Lipinski definition) is 2. The van der Waals surface area contributed by atoms with Crippen LogP contribution in [-0.2, 0) is 11.8 Å². The first-order valence-corrected chi connectivity index (χ1v) is 7.92. The molecule has 0 atom stereocenters. The Morgan fingerprint density at radius 2 is 1.88 bits per heavy atom. The maximum Gasteiger partial charge on any atom is 0.264 e. The van der Waals surface area contributed by atoms with E-state index in [9.17, 15) is 9.59 Å². The lowest BCUT2D eigenvalue weighted by molar-refractivity contribution is 0.0951. The molecule has 1 amide bonds. The predicted octanol–water partition coefficient (Wildman–Crippen LogP) is 1.95. The van der Waals surface area contributed by atoms with Crippen molar-refractivity contribution in [3.8, 4) is 0 Å². The Hall–Kier alpha value is -2.44. The molecule has 24 heavy (non-hydrogen) atoms. The first-order chi connectivity index (χ1) is 11.1. The lowest BCUT2D eigenvalue weighted by atomic mass is 9.95. The summed E-state index contributed by atoms with van der Waals surface area (Å²) in [6.45, 7) is 11.6. The highest BCUT2D eigenvalue weighted by Crippen LogP contribution is 2.17. The van der Waals surface area contributed by atoms with Gasteiger partial charge in [-0.2, -0.15) is 0 Å². The number of H-pyrrole nitrogens is 1. The number of carbonyl (C=O) groups is 1. The molecule has 2 aromatic heterocycles. The SMILES string of the molecule is Cc1noc(C)c1CCNC(=O)c1c(C)nc(C(C)(C)C)[nH]c1=O. The zero-order valence-corrected chi connectivity index (χ0v) is 15.0. The van der Waals surface area contributed by atoms with Crippen molar-refractivity contribution in [2.24, 2.45) is 0 Å². The monoisotopic (exact) mass is 332 g/mol. The lowest BCUT2D eigenvalue weighted by Crippen LogP contribution is -2.34. The molecule has 0 radical (unpaired) electrons. The molecule has 2 rings (SSSR count). The Labute approximate surface area is 140 Å². The van der Waals surface area contributed by atoms with E-state index in [0.29, 0.717) is 24.5 Å². The van der Waals surface area contributed by atoms with Crippen LogP contribution in [0.15, 0.2) is 9.32 Å². The van der Waals surface area contributed by atoms with Gasteiger partial charge in [0.2, 0.25) is 0 Å². The summed E-state index contributed by atoms with van der Waals surface area (Å²) in [5.74, 6) is 0.887. The summed E-state index contributed by atoms with van der Waals surface area (Å²) in [6.07, 6.45) is 0.595. The molecule has 0 spiro atoms. The van der Waals surface area contributed by atoms with Gasteiger partial charge in [0.25, 0.3) is 11.5 Å². The van der Waals surface area contributed by atoms with Crippen molar-refractivity contribution in [3.63, 3.8) is 0 Å². The number of nitrogens with zero attached hydrogens (tertiary/aromatic N) is 2. The fraction of sp³-hybridized carbons (Fsp3) is 0.529. The average Bonchev–Trinajstić information content (AvgIpc) is 2.77. The minimum absolute atomic E-state index is 0.0572. The molecule has 7 heteroatoms. The summed E-state index contributed by atoms with van der Waals surface area (Å²) in [4.78, 5) is 31.7. The number of hydrogen-bond acceptors (Lipinski definition) is 5. The normalized spacial score (nSPS) is 11.6. The van der Waals surface area contributed by atoms with E-state index in [2.05, 4.69) is 20.4 Å². The minimum atomic E-state index is -0.423. The third-order valence-corrected chi connectivity index (χ3v) is 3.88. The van der Waals surface area contributed by atoms with Crippen LogP contribution in [0, 0.1) is 20.8 Å². The van der Waals surface area contributed by atoms with E-state index in [1.807, 2.05) is 34.6 Å². The van der Waals surface area contributed by atoms with Gasteiger partial charge in [-0.1, -0.05) is 25.9 Å². The fourth-order valence-corrected chi connectivity index (χ4v) is 2.46. The molecule has 0 unspecified atom stereocenters. The number of carbonyl (C=O) groups excluding carboxylic acids is 1. The molecule has 0 aliphatic rings. The lowest BCUT2D eigenvalue weighted by Gasteiger charge is -2.18. The smallest absolute Gasteiger partial charge is 0.264 e. The molecule has 130 valence electrons. The standard InChI is InChI=1S/C17H24N4O3/c1-9-12(11(3)24-21-9)7-8-18-14(22)13-10(2)19-16(17(4,5)6)20-15(13)23/h7-8H2,1-6H3,(H,18,22)(H,19,20,23). The van der Waals surface area contributed by atoms with Crippen molar-refractivity contribution in [2.75, 3.05) is 6.54 Å². The van der Waals surface area contributed by atoms with E-state index < -0.39 is 11.5 Å². The fourth-order valence-electron chi connectivity index (χ4n) is 2.46. The summed E-state index contributed by atoms with van der Waals surface area (Å²) in [5, 5.41) is 6.64. The highest BCUT2D eigenvalue weighted by atomic mass is 16.5. The van der Waals surface area contributed by atoms with Gasteiger partial charge in [-0.05, 0) is 27.2 Å². The summed E-state index contributed by atoms with van der Waals surface area (Å²) in [7, 11) is 0. The highest BCUT2D eigenvalue weighted by Gasteiger charge is 2.22. The molecule has 0 aliphatic carbocycles. The summed E-state index contributed by atoms with van der Waals surface area (Å²) < 4.78 is 5.09. The Balaban J connectivity index is 2.12. The minimum Gasteiger partial charge on any atom is -0.361 e. The van der Waals surface area contributed by atoms with Crippen LogP contribution in [0.5, 0.6) is 0 Å². The zero-order valence-electron chi connectivity index (χ0n) is 15.0. The van der Waals surface area contributed by atoms with Crippen molar-refractivity contribution in [3.05, 3.63) is 44.5 Å². The third kappa shape index (κ3) is 3.72. The molecule has 2 N–H and O–H groups in total. The van der Waals surface area contributed by atoms with E-state index in [1.54, 1.807) is 6.92 Å². The molecule has 0 saturated heterocycles. The van der Waals surface area contributed by atoms with Gasteiger partial charge in [0.05, 0.1) is 11.4 Å². The molecule has 0 aromatic carbocycles. The molecule has 0 bridgehead atoms. The number of aryl methyl sites for hydroxylation is 3. The summed E-state index contributed by atoms with van der Waals surface area (Å²) >= 11 is 0. The Morgan fingerprint density at radius 3 is 2.38 bits per heavy atom. The molecule has 0 fully saturated rings. The van der Waals surface area contributed by atoms with Gasteiger partial charge < -0.3 is 14.8 Å². The summed E-state index contributed by atoms with van der Waals surface area (Å²) in [5.41, 5.74) is 1.57. The molecule has 0 saturated carbocycles. The number of rotatable bonds is 4. The van der Waals surface area contributed by atoms with E-state index in [-0.39, 0.29) is 11.0 Å². The molecular formula is C17H24N4O3. The Kier molecular flexibility index (Phi) is 4.91. The van der Waals surface area contributed by atoms with E-state index in [1.165, 1.54) is 0 Å². The predicted molar refractivity (Wildman–Crippen MR) is 90.3 cm³/mol. The van der Waals surface area contributed by atoms with Crippen molar-refractivity contribution in [1.82, 2.24) is 20.4 Å². The number of nitrogens with one attached hydrogen (secondary N) is 2. The largest absolute Gasteiger partial charge is 0.361 e. The quantitative estimate of drug-likeness (QED) is 0.891. The van der Waals surface area contributed by atoms with Crippen molar-refractivity contribution < 1.29 is 9.32 Å². The van der Waals surface area contributed by atoms with Gasteiger partial charge in [-0.3, -0.25) is 9.59 Å². The average molecular weight is 332 g/mol. The molecule has 0 aliphatic heterocycles. The third-order valence-electron chi connectivity index (χ3n) is 3.88. The Bertz CT molecular complexity index is 793. The van der Waals surface area contributed by atoms with Crippen LogP contribution in [0.1, 0.15) is 59.7 Å². The van der Waals surface area contributed by atoms with Gasteiger partial charge in [0.15, 0.2) is 0 Å². The van der Waals surface area contributed by atoms with Crippen LogP contribution in [0.2, 0.25) is 0 Å². The second-order valence-electron chi connectivity index (χ2n) is 6.93. The van der Waals surface area contributed by atoms with Crippen molar-refractivity contribution in [2.45, 2.75) is 53.4 Å². The topological polar surface area (TPSA) is 101 Å². The second kappa shape index (κ2) is 6.59. The van der Waals surface area contributed by atoms with Crippen LogP contribution < -0.4 is 10.9 Å². The van der Waals surface area contributed by atoms with Gasteiger partial charge in [-0.15, -0.1) is 0 Å². The van der Waals surface area contributed by atoms with Crippen molar-refractivity contribution >= 4 is 5.91 Å². The van der Waals surface area contributed by atoms with Crippen LogP contribution in [-0.4, -0.2) is 27.6 Å². The maximum atomic E-state index is 12.3. The first kappa shape index (κ1) is 17.9. The molecular weight excluding hydrogens is 308 g/mol. The van der Waals surface area contributed by atoms with Gasteiger partial charge in [0.1, 0.15) is 17.1 Å². The molecule has 7 nitrogen and oxygen atoms in total. The summed E-state index contributed by atoms with van der Waals surface area (Å²) in [6, 6.07) is 0. The zero-order chi connectivity index (χ0) is 18.1. The van der Waals surface area contributed by atoms with Gasteiger partial charge >= 0.3 is 0 Å². The maximum absolute atomic E-state index is 12.3. The van der Waals surface area contributed by atoms with Crippen LogP contribution in [0.3, 0.4) is 0 Å². The number of aromatic nitrogens is 3. The second-order valence-corrected chi connectivity index (χ2v) is 6.93. The van der Waals surface area contributed by atoms with Crippen LogP contribution in [0.25, 0.3) is 0 Å². The Morgan fingerprint density at radius 1 is 1.21 bits per heavy atom. The number of amides is 1. The molecule has 2 heterocycles. The highest BCUT2D eigenvalue weighted by molar-refractivity contribution is 5.94. The van der Waals surface area contributed by atoms with Crippen LogP contribution >= 0.6 is 0 Å². The van der Waals surface area contributed by atoms with Crippen molar-refractivity contribution in [1.29, 1.82) is 0 Å². The van der Waals surface area contributed by atoms with E-state index in [4.69, 9.17) is 4.52 Å². The molecule has 2 aromatic rings. The number of aromatic amines is 1.